The summed E-state index contributed by atoms with van der Waals surface area (Å²) in [5, 5.41) is 9.05. The Labute approximate surface area is 183 Å². The number of rotatable bonds is 4. The highest BCUT2D eigenvalue weighted by Crippen LogP contribution is 2.45. The monoisotopic (exact) mass is 445 g/mol. The number of nitriles is 1. The molecule has 1 aromatic carbocycles. The molecule has 7 nitrogen and oxygen atoms in total. The minimum atomic E-state index is -4.61. The summed E-state index contributed by atoms with van der Waals surface area (Å²) >= 11 is 0. The van der Waals surface area contributed by atoms with Gasteiger partial charge < -0.3 is 14.5 Å². The van der Waals surface area contributed by atoms with Gasteiger partial charge in [0.25, 0.3) is 5.91 Å². The second-order valence-electron chi connectivity index (χ2n) is 8.30. The van der Waals surface area contributed by atoms with Crippen LogP contribution in [0.2, 0.25) is 0 Å². The largest absolute Gasteiger partial charge is 0.417 e. The molecule has 1 aromatic heterocycles. The van der Waals surface area contributed by atoms with Crippen molar-refractivity contribution in [2.45, 2.75) is 12.6 Å². The van der Waals surface area contributed by atoms with E-state index in [-0.39, 0.29) is 22.9 Å². The number of halogens is 3. The van der Waals surface area contributed by atoms with Gasteiger partial charge in [-0.15, -0.1) is 0 Å². The molecule has 0 radical (unpaired) electrons. The van der Waals surface area contributed by atoms with Gasteiger partial charge >= 0.3 is 6.18 Å². The van der Waals surface area contributed by atoms with Crippen LogP contribution < -0.4 is 4.90 Å². The van der Waals surface area contributed by atoms with E-state index < -0.39 is 17.3 Å². The van der Waals surface area contributed by atoms with Crippen LogP contribution in [0.15, 0.2) is 36.8 Å². The first-order chi connectivity index (χ1) is 15.3. The lowest BCUT2D eigenvalue weighted by atomic mass is 9.73. The molecule has 0 saturated carbocycles. The summed E-state index contributed by atoms with van der Waals surface area (Å²) in [6, 6.07) is 5.42. The molecule has 0 N–H and O–H groups in total. The number of ether oxygens (including phenoxy) is 1. The standard InChI is InChI=1S/C22H22F3N5O2/c1-32-14-21-4-7-29(17-3-2-15(9-26)18(8-17)22(23,24)25)11-16(21)12-30(13-21)20(31)19-10-27-5-6-28-19/h2-3,5-6,8,10,16H,4,7,11-14H2,1H3/t16-,21+/m1/s1. The van der Waals surface area contributed by atoms with Gasteiger partial charge in [0.2, 0.25) is 0 Å². The van der Waals surface area contributed by atoms with Crippen LogP contribution in [0, 0.1) is 22.7 Å². The number of fused-ring (bicyclic) bond motifs is 1. The number of aromatic nitrogens is 2. The SMILES string of the molecule is COC[C@@]12CCN(c3ccc(C#N)c(C(F)(F)F)c3)C[C@@H]1CN(C(=O)c1cnccn1)C2. The van der Waals surface area contributed by atoms with Crippen LogP contribution in [0.3, 0.4) is 0 Å². The average Bonchev–Trinajstić information content (AvgIpc) is 3.17. The van der Waals surface area contributed by atoms with Crippen LogP contribution >= 0.6 is 0 Å². The van der Waals surface area contributed by atoms with E-state index in [1.54, 1.807) is 24.1 Å². The van der Waals surface area contributed by atoms with Crippen LogP contribution in [0.1, 0.15) is 28.0 Å². The molecule has 2 atom stereocenters. The molecule has 2 fully saturated rings. The fraction of sp³-hybridized carbons (Fsp3) is 0.455. The number of methoxy groups -OCH3 is 1. The van der Waals surface area contributed by atoms with Crippen molar-refractivity contribution in [3.8, 4) is 6.07 Å². The highest BCUT2D eigenvalue weighted by atomic mass is 19.4. The van der Waals surface area contributed by atoms with Gasteiger partial charge in [-0.3, -0.25) is 9.78 Å². The molecule has 1 amide bonds. The molecular weight excluding hydrogens is 423 g/mol. The van der Waals surface area contributed by atoms with Crippen molar-refractivity contribution in [3.05, 3.63) is 53.6 Å². The number of alkyl halides is 3. The van der Waals surface area contributed by atoms with E-state index in [0.29, 0.717) is 44.9 Å². The third-order valence-electron chi connectivity index (χ3n) is 6.43. The molecule has 3 heterocycles. The number of carbonyl (C=O) groups is 1. The van der Waals surface area contributed by atoms with Crippen LogP contribution in [0.5, 0.6) is 0 Å². The van der Waals surface area contributed by atoms with Crippen LogP contribution in [-0.4, -0.2) is 60.7 Å². The van der Waals surface area contributed by atoms with E-state index in [2.05, 4.69) is 9.97 Å². The number of hydrogen-bond donors (Lipinski definition) is 0. The maximum atomic E-state index is 13.4. The number of anilines is 1. The van der Waals surface area contributed by atoms with E-state index in [1.807, 2.05) is 4.90 Å². The molecule has 2 saturated heterocycles. The molecule has 0 unspecified atom stereocenters. The lowest BCUT2D eigenvalue weighted by molar-refractivity contribution is -0.137. The molecule has 0 aliphatic carbocycles. The van der Waals surface area contributed by atoms with Crippen molar-refractivity contribution in [2.24, 2.45) is 11.3 Å². The summed E-state index contributed by atoms with van der Waals surface area (Å²) in [5.74, 6) is -0.200. The lowest BCUT2D eigenvalue weighted by Gasteiger charge is -2.44. The summed E-state index contributed by atoms with van der Waals surface area (Å²) in [4.78, 5) is 24.6. The van der Waals surface area contributed by atoms with E-state index in [4.69, 9.17) is 10.00 Å². The molecular formula is C22H22F3N5O2. The van der Waals surface area contributed by atoms with E-state index >= 15 is 0 Å². The van der Waals surface area contributed by atoms with E-state index in [9.17, 15) is 18.0 Å². The van der Waals surface area contributed by atoms with Crippen molar-refractivity contribution >= 4 is 11.6 Å². The number of nitrogens with zero attached hydrogens (tertiary/aromatic N) is 5. The third kappa shape index (κ3) is 4.00. The molecule has 10 heteroatoms. The summed E-state index contributed by atoms with van der Waals surface area (Å²) < 4.78 is 45.7. The number of likely N-dealkylation sites (tertiary alicyclic amines) is 1. The Kier molecular flexibility index (Phi) is 5.77. The van der Waals surface area contributed by atoms with Gasteiger partial charge in [-0.25, -0.2) is 4.98 Å². The minimum absolute atomic E-state index is 0.0156. The summed E-state index contributed by atoms with van der Waals surface area (Å²) in [7, 11) is 1.61. The lowest BCUT2D eigenvalue weighted by Crippen LogP contribution is -2.49. The van der Waals surface area contributed by atoms with Crippen LogP contribution in [0.25, 0.3) is 0 Å². The first-order valence-corrected chi connectivity index (χ1v) is 10.2. The van der Waals surface area contributed by atoms with E-state index in [1.165, 1.54) is 24.7 Å². The summed E-state index contributed by atoms with van der Waals surface area (Å²) in [6.07, 6.45) is 0.444. The van der Waals surface area contributed by atoms with Gasteiger partial charge in [0, 0.05) is 62.7 Å². The second-order valence-corrected chi connectivity index (χ2v) is 8.30. The Balaban J connectivity index is 1.58. The molecule has 2 aliphatic rings. The number of carbonyl (C=O) groups excluding carboxylic acids is 1. The number of amides is 1. The quantitative estimate of drug-likeness (QED) is 0.720. The molecule has 0 bridgehead atoms. The highest BCUT2D eigenvalue weighted by molar-refractivity contribution is 5.92. The third-order valence-corrected chi connectivity index (χ3v) is 6.43. The maximum Gasteiger partial charge on any atom is 0.417 e. The summed E-state index contributed by atoms with van der Waals surface area (Å²) in [6.45, 7) is 2.41. The normalized spacial score (nSPS) is 23.0. The van der Waals surface area contributed by atoms with Gasteiger partial charge in [0.05, 0.1) is 30.0 Å². The van der Waals surface area contributed by atoms with Crippen molar-refractivity contribution < 1.29 is 22.7 Å². The van der Waals surface area contributed by atoms with Crippen molar-refractivity contribution in [3.63, 3.8) is 0 Å². The zero-order chi connectivity index (χ0) is 22.9. The average molecular weight is 445 g/mol. The summed E-state index contributed by atoms with van der Waals surface area (Å²) in [5.41, 5.74) is -0.924. The Bertz CT molecular complexity index is 1040. The van der Waals surface area contributed by atoms with Crippen molar-refractivity contribution in [1.29, 1.82) is 5.26 Å². The topological polar surface area (TPSA) is 82.4 Å². The van der Waals surface area contributed by atoms with Crippen LogP contribution in [0.4, 0.5) is 18.9 Å². The molecule has 2 aliphatic heterocycles. The first kappa shape index (κ1) is 22.0. The Morgan fingerprint density at radius 2 is 2.16 bits per heavy atom. The fourth-order valence-electron chi connectivity index (χ4n) is 4.83. The predicted molar refractivity (Wildman–Crippen MR) is 109 cm³/mol. The second kappa shape index (κ2) is 8.39. The van der Waals surface area contributed by atoms with Gasteiger partial charge in [0.15, 0.2) is 0 Å². The van der Waals surface area contributed by atoms with E-state index in [0.717, 1.165) is 6.07 Å². The smallest absolute Gasteiger partial charge is 0.384 e. The van der Waals surface area contributed by atoms with Crippen LogP contribution in [-0.2, 0) is 10.9 Å². The molecule has 32 heavy (non-hydrogen) atoms. The Hall–Kier alpha value is -3.19. The highest BCUT2D eigenvalue weighted by Gasteiger charge is 2.51. The molecule has 0 spiro atoms. The molecule has 2 aromatic rings. The number of piperidine rings is 1. The number of benzene rings is 1. The zero-order valence-electron chi connectivity index (χ0n) is 17.5. The molecule has 4 rings (SSSR count). The fourth-order valence-corrected chi connectivity index (χ4v) is 4.83. The van der Waals surface area contributed by atoms with Gasteiger partial charge in [-0.2, -0.15) is 18.4 Å². The molecule has 168 valence electrons. The Morgan fingerprint density at radius 1 is 1.34 bits per heavy atom. The predicted octanol–water partition coefficient (Wildman–Crippen LogP) is 2.98. The van der Waals surface area contributed by atoms with Gasteiger partial charge in [-0.05, 0) is 24.6 Å². The zero-order valence-corrected chi connectivity index (χ0v) is 17.5. The van der Waals surface area contributed by atoms with Crippen molar-refractivity contribution in [2.75, 3.05) is 44.8 Å². The number of hydrogen-bond acceptors (Lipinski definition) is 6. The van der Waals surface area contributed by atoms with Gasteiger partial charge in [-0.1, -0.05) is 0 Å². The Morgan fingerprint density at radius 3 is 2.81 bits per heavy atom. The van der Waals surface area contributed by atoms with Gasteiger partial charge in [0.1, 0.15) is 5.69 Å². The minimum Gasteiger partial charge on any atom is -0.384 e. The van der Waals surface area contributed by atoms with Crippen molar-refractivity contribution in [1.82, 2.24) is 14.9 Å². The first-order valence-electron chi connectivity index (χ1n) is 10.2. The maximum absolute atomic E-state index is 13.4.